The Labute approximate surface area is 385 Å². The van der Waals surface area contributed by atoms with Crippen molar-refractivity contribution < 1.29 is 90.8 Å². The number of carbonyl (C=O) groups excluding carboxylic acids is 8. The van der Waals surface area contributed by atoms with Crippen molar-refractivity contribution in [3.05, 3.63) is 60.2 Å². The second-order valence-electron chi connectivity index (χ2n) is 16.0. The van der Waals surface area contributed by atoms with Crippen LogP contribution >= 0.6 is 0 Å². The number of allylic oxidation sites excluding steroid dienone is 2. The first-order valence-corrected chi connectivity index (χ1v) is 22.0. The van der Waals surface area contributed by atoms with Crippen molar-refractivity contribution in [2.45, 2.75) is 168 Å². The molecule has 11 atom stereocenters. The summed E-state index contributed by atoms with van der Waals surface area (Å²) in [5.41, 5.74) is 1.04. The van der Waals surface area contributed by atoms with E-state index in [2.05, 4.69) is 0 Å². The number of unbranched alkanes of at least 4 members (excludes halogenated alkanes) is 1. The van der Waals surface area contributed by atoms with Crippen molar-refractivity contribution in [1.29, 1.82) is 0 Å². The SMILES string of the molecule is COC(C)OC(=O)C(C)OC(=O)C(C)OC(=O)C(C)OC(=O)C(C)OC(=O)C(C)OC(=O)O[C@@H]1C[C@H](OC(C)=O)[C@H](C/C=C\CCCC(=O)OC(C)C)[C@H]1/C=C/[C@@H](O)CCc1ccccc1. The van der Waals surface area contributed by atoms with Crippen molar-refractivity contribution in [2.75, 3.05) is 7.11 Å². The third-order valence-electron chi connectivity index (χ3n) is 9.97. The van der Waals surface area contributed by atoms with Gasteiger partial charge >= 0.3 is 47.9 Å². The molecule has 0 spiro atoms. The molecule has 1 aromatic carbocycles. The second kappa shape index (κ2) is 29.0. The number of aryl methyl sites for hydroxylation is 1. The third-order valence-corrected chi connectivity index (χ3v) is 9.97. The van der Waals surface area contributed by atoms with Crippen LogP contribution in [0.1, 0.15) is 106 Å². The van der Waals surface area contributed by atoms with E-state index in [-0.39, 0.29) is 24.9 Å². The number of carbonyl (C=O) groups is 8. The largest absolute Gasteiger partial charge is 0.509 e. The van der Waals surface area contributed by atoms with Gasteiger partial charge < -0.3 is 52.5 Å². The number of hydrogen-bond acceptors (Lipinski definition) is 19. The topological polar surface area (TPSA) is 249 Å². The van der Waals surface area contributed by atoms with E-state index in [0.717, 1.165) is 26.3 Å². The number of esters is 7. The maximum absolute atomic E-state index is 13.2. The van der Waals surface area contributed by atoms with Crippen molar-refractivity contribution in [3.8, 4) is 0 Å². The minimum absolute atomic E-state index is 0.0631. The van der Waals surface area contributed by atoms with Crippen LogP contribution in [0.3, 0.4) is 0 Å². The van der Waals surface area contributed by atoms with Gasteiger partial charge in [0.25, 0.3) is 0 Å². The molecule has 1 saturated carbocycles. The fourth-order valence-corrected chi connectivity index (χ4v) is 6.43. The number of rotatable bonds is 26. The van der Waals surface area contributed by atoms with Gasteiger partial charge in [-0.3, -0.25) is 9.59 Å². The summed E-state index contributed by atoms with van der Waals surface area (Å²) in [6.45, 7) is 12.1. The highest BCUT2D eigenvalue weighted by Crippen LogP contribution is 2.40. The Kier molecular flexibility index (Phi) is 24.7. The summed E-state index contributed by atoms with van der Waals surface area (Å²) in [6.07, 6.45) is -2.63. The van der Waals surface area contributed by atoms with Gasteiger partial charge in [0.1, 0.15) is 12.2 Å². The first-order valence-electron chi connectivity index (χ1n) is 22.0. The van der Waals surface area contributed by atoms with Crippen LogP contribution in [0.2, 0.25) is 0 Å². The molecule has 1 fully saturated rings. The monoisotopic (exact) mass is 934 g/mol. The second-order valence-corrected chi connectivity index (χ2v) is 16.0. The number of aliphatic hydroxyl groups is 1. The summed E-state index contributed by atoms with van der Waals surface area (Å²) in [4.78, 5) is 99.9. The van der Waals surface area contributed by atoms with Crippen LogP contribution in [0, 0.1) is 11.8 Å². The predicted molar refractivity (Wildman–Crippen MR) is 231 cm³/mol. The molecule has 1 aromatic rings. The van der Waals surface area contributed by atoms with E-state index in [1.54, 1.807) is 26.0 Å². The van der Waals surface area contributed by atoms with Gasteiger partial charge in [-0.1, -0.05) is 54.6 Å². The normalized spacial score (nSPS) is 20.2. The van der Waals surface area contributed by atoms with Gasteiger partial charge in [0, 0.05) is 38.7 Å². The molecule has 0 radical (unpaired) electrons. The molecular weight excluding hydrogens is 868 g/mol. The Balaban J connectivity index is 2.06. The van der Waals surface area contributed by atoms with Gasteiger partial charge in [-0.2, -0.15) is 0 Å². The number of methoxy groups -OCH3 is 1. The average molecular weight is 935 g/mol. The molecule has 0 saturated heterocycles. The molecule has 6 unspecified atom stereocenters. The van der Waals surface area contributed by atoms with Crippen molar-refractivity contribution in [3.63, 3.8) is 0 Å². The molecule has 1 aliphatic rings. The number of ether oxygens (including phenoxy) is 10. The molecule has 0 heterocycles. The van der Waals surface area contributed by atoms with Crippen LogP contribution < -0.4 is 0 Å². The molecule has 66 heavy (non-hydrogen) atoms. The zero-order valence-electron chi connectivity index (χ0n) is 39.4. The zero-order chi connectivity index (χ0) is 49.5. The van der Waals surface area contributed by atoms with Crippen molar-refractivity contribution in [2.24, 2.45) is 11.8 Å². The first kappa shape index (κ1) is 56.3. The Morgan fingerprint density at radius 2 is 1.18 bits per heavy atom. The quantitative estimate of drug-likeness (QED) is 0.0404. The molecule has 0 aromatic heterocycles. The van der Waals surface area contributed by atoms with Crippen LogP contribution in [-0.4, -0.2) is 121 Å². The van der Waals surface area contributed by atoms with Crippen molar-refractivity contribution in [1.82, 2.24) is 0 Å². The van der Waals surface area contributed by atoms with E-state index in [4.69, 9.17) is 47.4 Å². The van der Waals surface area contributed by atoms with Crippen LogP contribution in [0.4, 0.5) is 4.79 Å². The minimum atomic E-state index is -1.61. The van der Waals surface area contributed by atoms with Crippen LogP contribution in [0.25, 0.3) is 0 Å². The zero-order valence-corrected chi connectivity index (χ0v) is 39.4. The summed E-state index contributed by atoms with van der Waals surface area (Å²) < 4.78 is 51.6. The van der Waals surface area contributed by atoms with Gasteiger partial charge in [-0.05, 0) is 93.1 Å². The Bertz CT molecular complexity index is 1810. The van der Waals surface area contributed by atoms with Crippen LogP contribution in [0.5, 0.6) is 0 Å². The minimum Gasteiger partial charge on any atom is -0.463 e. The molecule has 0 aliphatic heterocycles. The lowest BCUT2D eigenvalue weighted by atomic mass is 9.89. The number of hydrogen-bond donors (Lipinski definition) is 1. The molecule has 2 rings (SSSR count). The van der Waals surface area contributed by atoms with E-state index in [0.29, 0.717) is 32.1 Å². The highest BCUT2D eigenvalue weighted by Gasteiger charge is 2.46. The number of aliphatic hydroxyl groups excluding tert-OH is 1. The fraction of sp³-hybridized carbons (Fsp3) is 0.617. The van der Waals surface area contributed by atoms with Gasteiger partial charge in [0.15, 0.2) is 36.8 Å². The number of benzene rings is 1. The predicted octanol–water partition coefficient (Wildman–Crippen LogP) is 5.35. The summed E-state index contributed by atoms with van der Waals surface area (Å²) in [5.74, 6) is -7.36. The Hall–Kier alpha value is -5.82. The van der Waals surface area contributed by atoms with Crippen LogP contribution in [0.15, 0.2) is 54.6 Å². The summed E-state index contributed by atoms with van der Waals surface area (Å²) in [6, 6.07) is 9.61. The molecule has 0 amide bonds. The highest BCUT2D eigenvalue weighted by molar-refractivity contribution is 5.86. The molecule has 1 N–H and O–H groups in total. The van der Waals surface area contributed by atoms with E-state index < -0.39 is 109 Å². The van der Waals surface area contributed by atoms with E-state index in [1.165, 1.54) is 34.8 Å². The standard InChI is InChI=1S/C47H66O19/c1-27(2)58-41(50)21-17-12-11-16-20-37-38(25-24-36(49)23-22-35-18-14-13-15-19-35)40(26-39(37)64-33(8)48)66-47(56)63-32(7)45(54)61-30(5)43(52)59-28(3)42(51)60-29(4)44(53)62-31(6)46(55)65-34(9)57-10/h11,13-16,18-19,24-25,27-32,34,36-40,49H,12,17,20-23,26H2,1-10H3/b16-11-,25-24+/t28?,29?,30?,31?,32?,34?,36-,37+,38+,39-,40+/m0/s1. The molecule has 19 nitrogen and oxygen atoms in total. The molecule has 1 aliphatic carbocycles. The Morgan fingerprint density at radius 3 is 1.68 bits per heavy atom. The lowest BCUT2D eigenvalue weighted by Crippen LogP contribution is -2.39. The summed E-state index contributed by atoms with van der Waals surface area (Å²) in [5, 5.41) is 10.9. The van der Waals surface area contributed by atoms with Gasteiger partial charge in [0.05, 0.1) is 12.2 Å². The molecule has 19 heteroatoms. The van der Waals surface area contributed by atoms with Crippen LogP contribution in [-0.2, 0) is 87.4 Å². The smallest absolute Gasteiger partial charge is 0.463 e. The lowest BCUT2D eigenvalue weighted by molar-refractivity contribution is -0.191. The summed E-state index contributed by atoms with van der Waals surface area (Å²) in [7, 11) is 1.31. The average Bonchev–Trinajstić information content (AvgIpc) is 3.56. The van der Waals surface area contributed by atoms with E-state index in [1.807, 2.05) is 42.5 Å². The third kappa shape index (κ3) is 21.0. The maximum Gasteiger partial charge on any atom is 0.509 e. The van der Waals surface area contributed by atoms with Crippen molar-refractivity contribution >= 4 is 47.9 Å². The molecule has 368 valence electrons. The van der Waals surface area contributed by atoms with E-state index >= 15 is 0 Å². The first-order chi connectivity index (χ1) is 31.1. The molecule has 0 bridgehead atoms. The lowest BCUT2D eigenvalue weighted by Gasteiger charge is -2.23. The van der Waals surface area contributed by atoms with E-state index in [9.17, 15) is 43.5 Å². The van der Waals surface area contributed by atoms with Gasteiger partial charge in [0.2, 0.25) is 0 Å². The van der Waals surface area contributed by atoms with Gasteiger partial charge in [-0.15, -0.1) is 0 Å². The maximum atomic E-state index is 13.2. The Morgan fingerprint density at radius 1 is 0.667 bits per heavy atom. The fourth-order valence-electron chi connectivity index (χ4n) is 6.43. The van der Waals surface area contributed by atoms with Gasteiger partial charge in [-0.25, -0.2) is 28.8 Å². The molecular formula is C47H66O19. The summed E-state index contributed by atoms with van der Waals surface area (Å²) >= 11 is 0. The highest BCUT2D eigenvalue weighted by atomic mass is 16.7.